The maximum absolute atomic E-state index is 12.4. The molecule has 148 valence electrons. The number of hydrogen-bond donors (Lipinski definition) is 1. The molecular formula is C21H18N2O5S. The Hall–Kier alpha value is -3.65. The van der Waals surface area contributed by atoms with E-state index < -0.39 is 16.0 Å². The minimum Gasteiger partial charge on any atom is -0.497 e. The fourth-order valence-corrected chi connectivity index (χ4v) is 3.36. The van der Waals surface area contributed by atoms with E-state index in [0.717, 1.165) is 0 Å². The SMILES string of the molecule is COc1ccc(C(=O)N/N=C/c2ccccc2OS(=O)(=O)c2ccccc2)cc1. The number of amides is 1. The Labute approximate surface area is 168 Å². The van der Waals surface area contributed by atoms with Crippen molar-refractivity contribution in [3.63, 3.8) is 0 Å². The summed E-state index contributed by atoms with van der Waals surface area (Å²) in [6.07, 6.45) is 1.32. The van der Waals surface area contributed by atoms with Crippen molar-refractivity contribution in [1.29, 1.82) is 0 Å². The van der Waals surface area contributed by atoms with Crippen LogP contribution in [0.25, 0.3) is 0 Å². The molecule has 3 rings (SSSR count). The molecule has 0 aliphatic heterocycles. The maximum atomic E-state index is 12.4. The number of carbonyl (C=O) groups is 1. The molecule has 8 heteroatoms. The molecule has 0 unspecified atom stereocenters. The molecule has 0 saturated heterocycles. The third-order valence-electron chi connectivity index (χ3n) is 3.87. The first-order chi connectivity index (χ1) is 14.0. The second-order valence-corrected chi connectivity index (χ2v) is 7.36. The van der Waals surface area contributed by atoms with Gasteiger partial charge in [0.2, 0.25) is 0 Å². The summed E-state index contributed by atoms with van der Waals surface area (Å²) >= 11 is 0. The Kier molecular flexibility index (Phi) is 6.25. The number of hydrazone groups is 1. The summed E-state index contributed by atoms with van der Waals surface area (Å²) in [4.78, 5) is 12.2. The van der Waals surface area contributed by atoms with Crippen LogP contribution >= 0.6 is 0 Å². The number of benzene rings is 3. The zero-order chi connectivity index (χ0) is 20.7. The Morgan fingerprint density at radius 3 is 2.28 bits per heavy atom. The largest absolute Gasteiger partial charge is 0.497 e. The van der Waals surface area contributed by atoms with Gasteiger partial charge in [0.15, 0.2) is 5.75 Å². The number of methoxy groups -OCH3 is 1. The smallest absolute Gasteiger partial charge is 0.339 e. The van der Waals surface area contributed by atoms with Crippen molar-refractivity contribution in [3.05, 3.63) is 90.0 Å². The van der Waals surface area contributed by atoms with E-state index in [-0.39, 0.29) is 10.6 Å². The highest BCUT2D eigenvalue weighted by molar-refractivity contribution is 7.87. The zero-order valence-corrected chi connectivity index (χ0v) is 16.3. The van der Waals surface area contributed by atoms with Crippen LogP contribution in [0.15, 0.2) is 88.9 Å². The molecule has 0 fully saturated rings. The molecule has 0 saturated carbocycles. The van der Waals surface area contributed by atoms with Gasteiger partial charge < -0.3 is 8.92 Å². The zero-order valence-electron chi connectivity index (χ0n) is 15.5. The number of para-hydroxylation sites is 1. The van der Waals surface area contributed by atoms with Crippen LogP contribution in [0.2, 0.25) is 0 Å². The van der Waals surface area contributed by atoms with E-state index in [2.05, 4.69) is 10.5 Å². The van der Waals surface area contributed by atoms with Gasteiger partial charge in [-0.1, -0.05) is 30.3 Å². The molecule has 0 aliphatic rings. The molecular weight excluding hydrogens is 392 g/mol. The van der Waals surface area contributed by atoms with Gasteiger partial charge >= 0.3 is 10.1 Å². The molecule has 0 bridgehead atoms. The third-order valence-corrected chi connectivity index (χ3v) is 5.12. The average Bonchev–Trinajstić information content (AvgIpc) is 2.75. The van der Waals surface area contributed by atoms with Crippen molar-refractivity contribution in [2.45, 2.75) is 4.90 Å². The molecule has 0 radical (unpaired) electrons. The lowest BCUT2D eigenvalue weighted by atomic mass is 10.2. The summed E-state index contributed by atoms with van der Waals surface area (Å²) < 4.78 is 35.1. The summed E-state index contributed by atoms with van der Waals surface area (Å²) in [5, 5.41) is 3.89. The molecule has 0 heterocycles. The standard InChI is InChI=1S/C21H18N2O5S/c1-27-18-13-11-16(12-14-18)21(24)23-22-15-17-7-5-6-10-20(17)28-29(25,26)19-8-3-2-4-9-19/h2-15H,1H3,(H,23,24)/b22-15+. The number of hydrogen-bond acceptors (Lipinski definition) is 6. The van der Waals surface area contributed by atoms with E-state index >= 15 is 0 Å². The lowest BCUT2D eigenvalue weighted by molar-refractivity contribution is 0.0955. The molecule has 0 aliphatic carbocycles. The van der Waals surface area contributed by atoms with Crippen molar-refractivity contribution in [2.24, 2.45) is 5.10 Å². The molecule has 0 atom stereocenters. The molecule has 29 heavy (non-hydrogen) atoms. The van der Waals surface area contributed by atoms with Crippen molar-refractivity contribution in [1.82, 2.24) is 5.43 Å². The minimum atomic E-state index is -3.99. The topological polar surface area (TPSA) is 94.1 Å². The van der Waals surface area contributed by atoms with Crippen LogP contribution in [-0.2, 0) is 10.1 Å². The second kappa shape index (κ2) is 9.03. The van der Waals surface area contributed by atoms with Crippen molar-refractivity contribution in [2.75, 3.05) is 7.11 Å². The highest BCUT2D eigenvalue weighted by Gasteiger charge is 2.17. The number of nitrogens with zero attached hydrogens (tertiary/aromatic N) is 1. The Morgan fingerprint density at radius 2 is 1.59 bits per heavy atom. The molecule has 1 N–H and O–H groups in total. The van der Waals surface area contributed by atoms with Crippen LogP contribution in [0.5, 0.6) is 11.5 Å². The van der Waals surface area contributed by atoms with Crippen LogP contribution in [-0.4, -0.2) is 27.6 Å². The first-order valence-electron chi connectivity index (χ1n) is 8.55. The van der Waals surface area contributed by atoms with E-state index in [4.69, 9.17) is 8.92 Å². The van der Waals surface area contributed by atoms with Crippen LogP contribution in [0.3, 0.4) is 0 Å². The van der Waals surface area contributed by atoms with Gasteiger partial charge in [-0.3, -0.25) is 4.79 Å². The summed E-state index contributed by atoms with van der Waals surface area (Å²) in [5.74, 6) is 0.314. The fourth-order valence-electron chi connectivity index (χ4n) is 2.38. The monoisotopic (exact) mass is 410 g/mol. The van der Waals surface area contributed by atoms with E-state index in [1.807, 2.05) is 0 Å². The second-order valence-electron chi connectivity index (χ2n) is 5.82. The Bertz CT molecular complexity index is 1110. The summed E-state index contributed by atoms with van der Waals surface area (Å²) in [7, 11) is -2.45. The lowest BCUT2D eigenvalue weighted by Crippen LogP contribution is -2.17. The minimum absolute atomic E-state index is 0.0413. The molecule has 3 aromatic carbocycles. The summed E-state index contributed by atoms with van der Waals surface area (Å²) in [6, 6.07) is 20.8. The summed E-state index contributed by atoms with van der Waals surface area (Å²) in [5.41, 5.74) is 3.18. The maximum Gasteiger partial charge on any atom is 0.339 e. The van der Waals surface area contributed by atoms with Crippen LogP contribution in [0.1, 0.15) is 15.9 Å². The molecule has 0 spiro atoms. The number of nitrogens with one attached hydrogen (secondary N) is 1. The van der Waals surface area contributed by atoms with E-state index in [1.54, 1.807) is 60.7 Å². The molecule has 3 aromatic rings. The van der Waals surface area contributed by atoms with E-state index in [1.165, 1.54) is 31.5 Å². The number of carbonyl (C=O) groups excluding carboxylic acids is 1. The van der Waals surface area contributed by atoms with Gasteiger partial charge in [-0.05, 0) is 48.5 Å². The fraction of sp³-hybridized carbons (Fsp3) is 0.0476. The van der Waals surface area contributed by atoms with Crippen molar-refractivity contribution in [3.8, 4) is 11.5 Å². The Balaban J connectivity index is 1.72. The number of ether oxygens (including phenoxy) is 1. The van der Waals surface area contributed by atoms with Gasteiger partial charge in [-0.25, -0.2) is 5.43 Å². The van der Waals surface area contributed by atoms with Gasteiger partial charge in [0.1, 0.15) is 10.6 Å². The predicted octanol–water partition coefficient (Wildman–Crippen LogP) is 3.23. The quantitative estimate of drug-likeness (QED) is 0.367. The first-order valence-corrected chi connectivity index (χ1v) is 9.96. The van der Waals surface area contributed by atoms with Crippen molar-refractivity contribution < 1.29 is 22.1 Å². The predicted molar refractivity (Wildman–Crippen MR) is 109 cm³/mol. The van der Waals surface area contributed by atoms with Crippen LogP contribution in [0.4, 0.5) is 0 Å². The van der Waals surface area contributed by atoms with Crippen LogP contribution in [0, 0.1) is 0 Å². The number of rotatable bonds is 7. The molecule has 7 nitrogen and oxygen atoms in total. The van der Waals surface area contributed by atoms with Crippen molar-refractivity contribution >= 4 is 22.2 Å². The third kappa shape index (κ3) is 5.20. The average molecular weight is 410 g/mol. The van der Waals surface area contributed by atoms with Gasteiger partial charge in [-0.2, -0.15) is 13.5 Å². The van der Waals surface area contributed by atoms with Gasteiger partial charge in [0.05, 0.1) is 13.3 Å². The lowest BCUT2D eigenvalue weighted by Gasteiger charge is -2.09. The summed E-state index contributed by atoms with van der Waals surface area (Å²) in [6.45, 7) is 0. The molecule has 0 aromatic heterocycles. The molecule has 1 amide bonds. The van der Waals surface area contributed by atoms with Gasteiger partial charge in [0.25, 0.3) is 5.91 Å². The van der Waals surface area contributed by atoms with E-state index in [9.17, 15) is 13.2 Å². The first kappa shape index (κ1) is 20.1. The van der Waals surface area contributed by atoms with Crippen LogP contribution < -0.4 is 14.3 Å². The van der Waals surface area contributed by atoms with Gasteiger partial charge in [0, 0.05) is 11.1 Å². The highest BCUT2D eigenvalue weighted by Crippen LogP contribution is 2.21. The van der Waals surface area contributed by atoms with Gasteiger partial charge in [-0.15, -0.1) is 0 Å². The van der Waals surface area contributed by atoms with E-state index in [0.29, 0.717) is 16.9 Å². The Morgan fingerprint density at radius 1 is 0.931 bits per heavy atom. The normalized spacial score (nSPS) is 11.2. The highest BCUT2D eigenvalue weighted by atomic mass is 32.2.